The van der Waals surface area contributed by atoms with E-state index in [0.717, 1.165) is 6.08 Å². The van der Waals surface area contributed by atoms with Crippen LogP contribution in [-0.4, -0.2) is 44.5 Å². The highest BCUT2D eigenvalue weighted by Crippen LogP contribution is 2.09. The number of hydrogen-bond donors (Lipinski definition) is 2. The first-order chi connectivity index (χ1) is 8.85. The molecule has 0 saturated heterocycles. The number of carbonyl (C=O) groups is 2. The summed E-state index contributed by atoms with van der Waals surface area (Å²) in [6.45, 7) is 3.55. The summed E-state index contributed by atoms with van der Waals surface area (Å²) in [7, 11) is 0. The average molecular weight is 282 g/mol. The predicted molar refractivity (Wildman–Crippen MR) is 60.2 cm³/mol. The Balaban J connectivity index is 3.40. The highest BCUT2D eigenvalue weighted by Gasteiger charge is 2.21. The molecule has 0 heterocycles. The van der Waals surface area contributed by atoms with E-state index in [4.69, 9.17) is 0 Å². The Hall–Kier alpha value is -1.74. The molecule has 19 heavy (non-hydrogen) atoms. The summed E-state index contributed by atoms with van der Waals surface area (Å²) < 4.78 is 33.5. The van der Waals surface area contributed by atoms with Crippen LogP contribution in [0.5, 0.6) is 0 Å². The van der Waals surface area contributed by atoms with Gasteiger partial charge in [-0.1, -0.05) is 6.58 Å². The van der Waals surface area contributed by atoms with E-state index >= 15 is 0 Å². The number of hydrogen-bond acceptors (Lipinski definition) is 6. The molecule has 0 bridgehead atoms. The molecular weight excluding hydrogens is 266 g/mol. The van der Waals surface area contributed by atoms with Crippen molar-refractivity contribution in [2.24, 2.45) is 0 Å². The maximum absolute atomic E-state index is 12.2. The van der Waals surface area contributed by atoms with Gasteiger partial charge in [-0.25, -0.2) is 14.4 Å². The Kier molecular flexibility index (Phi) is 8.38. The molecule has 9 heteroatoms. The van der Waals surface area contributed by atoms with Gasteiger partial charge in [0, 0.05) is 13.0 Å². The molecule has 0 aromatic heterocycles. The van der Waals surface area contributed by atoms with Crippen molar-refractivity contribution < 1.29 is 32.7 Å². The molecule has 110 valence electrons. The molecule has 0 atom stereocenters. The first kappa shape index (κ1) is 17.3. The summed E-state index contributed by atoms with van der Waals surface area (Å²) in [5.74, 6) is -0.600. The molecule has 0 saturated carbocycles. The maximum Gasteiger partial charge on any atom is 0.407 e. The quantitative estimate of drug-likeness (QED) is 0.278. The Morgan fingerprint density at radius 1 is 1.26 bits per heavy atom. The van der Waals surface area contributed by atoms with E-state index in [2.05, 4.69) is 26.2 Å². The highest BCUT2D eigenvalue weighted by atomic mass is 19.3. The maximum atomic E-state index is 12.2. The molecule has 0 aliphatic heterocycles. The van der Waals surface area contributed by atoms with Gasteiger partial charge in [-0.05, 0) is 0 Å². The molecule has 0 aromatic carbocycles. The summed E-state index contributed by atoms with van der Waals surface area (Å²) in [6, 6.07) is 0. The van der Waals surface area contributed by atoms with E-state index < -0.39 is 18.2 Å². The van der Waals surface area contributed by atoms with Crippen molar-refractivity contribution in [1.29, 1.82) is 0 Å². The SMILES string of the molecule is C=CC(=O)OCCNC(=O)OCCNOC(C)(F)F. The summed E-state index contributed by atoms with van der Waals surface area (Å²) in [6.07, 6.45) is -3.06. The minimum atomic E-state index is -3.29. The molecule has 0 aliphatic carbocycles. The zero-order chi connectivity index (χ0) is 14.7. The fourth-order valence-electron chi connectivity index (χ4n) is 0.778. The molecule has 0 aromatic rings. The van der Waals surface area contributed by atoms with Crippen molar-refractivity contribution in [3.8, 4) is 0 Å². The van der Waals surface area contributed by atoms with Crippen LogP contribution in [0, 0.1) is 0 Å². The monoisotopic (exact) mass is 282 g/mol. The topological polar surface area (TPSA) is 85.9 Å². The van der Waals surface area contributed by atoms with Crippen molar-refractivity contribution in [2.45, 2.75) is 13.0 Å². The van der Waals surface area contributed by atoms with Gasteiger partial charge in [0.05, 0.1) is 13.1 Å². The van der Waals surface area contributed by atoms with Crippen LogP contribution in [0.1, 0.15) is 6.92 Å². The summed E-state index contributed by atoms with van der Waals surface area (Å²) in [4.78, 5) is 25.5. The lowest BCUT2D eigenvalue weighted by atomic mass is 10.6. The van der Waals surface area contributed by atoms with Gasteiger partial charge in [-0.2, -0.15) is 14.3 Å². The van der Waals surface area contributed by atoms with Gasteiger partial charge in [0.25, 0.3) is 0 Å². The van der Waals surface area contributed by atoms with Crippen LogP contribution in [0.25, 0.3) is 0 Å². The number of ether oxygens (including phenoxy) is 2. The third-order valence-electron chi connectivity index (χ3n) is 1.47. The van der Waals surface area contributed by atoms with E-state index in [1.807, 2.05) is 5.48 Å². The summed E-state index contributed by atoms with van der Waals surface area (Å²) in [5, 5.41) is 2.28. The third kappa shape index (κ3) is 12.5. The van der Waals surface area contributed by atoms with Gasteiger partial charge in [0.1, 0.15) is 13.2 Å². The van der Waals surface area contributed by atoms with Crippen molar-refractivity contribution in [1.82, 2.24) is 10.8 Å². The zero-order valence-electron chi connectivity index (χ0n) is 10.4. The molecular formula is C10H16F2N2O5. The molecule has 0 unspecified atom stereocenters. The third-order valence-corrected chi connectivity index (χ3v) is 1.47. The van der Waals surface area contributed by atoms with Crippen molar-refractivity contribution in [3.63, 3.8) is 0 Å². The molecule has 0 spiro atoms. The second-order valence-corrected chi connectivity index (χ2v) is 3.24. The Morgan fingerprint density at radius 2 is 1.89 bits per heavy atom. The van der Waals surface area contributed by atoms with E-state index in [-0.39, 0.29) is 26.3 Å². The van der Waals surface area contributed by atoms with Gasteiger partial charge in [-0.3, -0.25) is 0 Å². The Labute approximate surface area is 108 Å². The second-order valence-electron chi connectivity index (χ2n) is 3.24. The fourth-order valence-corrected chi connectivity index (χ4v) is 0.778. The van der Waals surface area contributed by atoms with E-state index in [1.165, 1.54) is 0 Å². The van der Waals surface area contributed by atoms with Crippen LogP contribution in [-0.2, 0) is 19.1 Å². The number of amides is 1. The number of hydroxylamine groups is 1. The van der Waals surface area contributed by atoms with Gasteiger partial charge < -0.3 is 14.8 Å². The molecule has 1 amide bonds. The molecule has 2 N–H and O–H groups in total. The minimum absolute atomic E-state index is 0.0244. The lowest BCUT2D eigenvalue weighted by molar-refractivity contribution is -0.259. The number of esters is 1. The Bertz CT molecular complexity index is 307. The highest BCUT2D eigenvalue weighted by molar-refractivity contribution is 5.81. The molecule has 7 nitrogen and oxygen atoms in total. The normalized spacial score (nSPS) is 10.7. The largest absolute Gasteiger partial charge is 0.461 e. The van der Waals surface area contributed by atoms with Crippen molar-refractivity contribution >= 4 is 12.1 Å². The number of halogens is 2. The molecule has 0 aliphatic rings. The van der Waals surface area contributed by atoms with Gasteiger partial charge in [-0.15, -0.1) is 0 Å². The average Bonchev–Trinajstić information content (AvgIpc) is 2.32. The van der Waals surface area contributed by atoms with Crippen LogP contribution in [0.4, 0.5) is 13.6 Å². The lowest BCUT2D eigenvalue weighted by Gasteiger charge is -2.11. The number of rotatable bonds is 9. The Morgan fingerprint density at radius 3 is 2.47 bits per heavy atom. The van der Waals surface area contributed by atoms with Crippen LogP contribution < -0.4 is 10.8 Å². The number of nitrogens with one attached hydrogen (secondary N) is 2. The zero-order valence-corrected chi connectivity index (χ0v) is 10.4. The van der Waals surface area contributed by atoms with Crippen molar-refractivity contribution in [3.05, 3.63) is 12.7 Å². The van der Waals surface area contributed by atoms with Gasteiger partial charge in [0.15, 0.2) is 0 Å². The lowest BCUT2D eigenvalue weighted by Crippen LogP contribution is -2.33. The first-order valence-corrected chi connectivity index (χ1v) is 5.33. The summed E-state index contributed by atoms with van der Waals surface area (Å²) >= 11 is 0. The van der Waals surface area contributed by atoms with E-state index in [0.29, 0.717) is 6.92 Å². The van der Waals surface area contributed by atoms with E-state index in [1.54, 1.807) is 0 Å². The van der Waals surface area contributed by atoms with E-state index in [9.17, 15) is 18.4 Å². The fraction of sp³-hybridized carbons (Fsp3) is 0.600. The molecule has 0 radical (unpaired) electrons. The second kappa shape index (κ2) is 9.22. The molecule has 0 fully saturated rings. The van der Waals surface area contributed by atoms with Crippen LogP contribution in [0.3, 0.4) is 0 Å². The number of carbonyl (C=O) groups excluding carboxylic acids is 2. The number of alkyl carbamates (subject to hydrolysis) is 1. The smallest absolute Gasteiger partial charge is 0.407 e. The molecule has 0 rings (SSSR count). The van der Waals surface area contributed by atoms with Crippen molar-refractivity contribution in [2.75, 3.05) is 26.3 Å². The number of alkyl halides is 2. The van der Waals surface area contributed by atoms with Gasteiger partial charge in [0.2, 0.25) is 0 Å². The summed E-state index contributed by atoms with van der Waals surface area (Å²) in [5.41, 5.74) is 1.94. The first-order valence-electron chi connectivity index (χ1n) is 5.33. The predicted octanol–water partition coefficient (Wildman–Crippen LogP) is 0.576. The van der Waals surface area contributed by atoms with Gasteiger partial charge >= 0.3 is 18.2 Å². The standard InChI is InChI=1S/C10H16F2N2O5/c1-3-8(15)17-6-4-13-9(16)18-7-5-14-19-10(2,11)12/h3,14H,1,4-7H2,2H3,(H,13,16). The minimum Gasteiger partial charge on any atom is -0.461 e. The van der Waals surface area contributed by atoms with Crippen LogP contribution >= 0.6 is 0 Å². The van der Waals surface area contributed by atoms with Crippen LogP contribution in [0.15, 0.2) is 12.7 Å². The van der Waals surface area contributed by atoms with Crippen LogP contribution in [0.2, 0.25) is 0 Å².